The number of hydrogen-bond donors (Lipinski definition) is 0. The van der Waals surface area contributed by atoms with Crippen molar-refractivity contribution in [3.05, 3.63) is 0 Å². The van der Waals surface area contributed by atoms with Crippen LogP contribution in [0.5, 0.6) is 0 Å². The molecule has 0 bridgehead atoms. The Labute approximate surface area is 84.5 Å². The van der Waals surface area contributed by atoms with Crippen molar-refractivity contribution in [1.29, 1.82) is 0 Å². The van der Waals surface area contributed by atoms with Gasteiger partial charge in [-0.2, -0.15) is 0 Å². The highest BCUT2D eigenvalue weighted by atomic mass is 16.7. The van der Waals surface area contributed by atoms with Crippen LogP contribution < -0.4 is 0 Å². The van der Waals surface area contributed by atoms with E-state index in [1.165, 1.54) is 0 Å². The number of rotatable bonds is 2. The average molecular weight is 202 g/mol. The molecule has 0 aliphatic carbocycles. The second kappa shape index (κ2) is 4.64. The molecule has 0 unspecified atom stereocenters. The van der Waals surface area contributed by atoms with E-state index in [0.29, 0.717) is 0 Å². The summed E-state index contributed by atoms with van der Waals surface area (Å²) in [5.74, 6) is 0. The second-order valence-electron chi connectivity index (χ2n) is 3.96. The molecule has 0 aromatic heterocycles. The smallest absolute Gasteiger partial charge is 0.432 e. The van der Waals surface area contributed by atoms with E-state index in [-0.39, 0.29) is 24.4 Å². The molecule has 1 rings (SSSR count). The Morgan fingerprint density at radius 2 is 2.07 bits per heavy atom. The van der Waals surface area contributed by atoms with Gasteiger partial charge in [-0.3, -0.25) is 0 Å². The summed E-state index contributed by atoms with van der Waals surface area (Å²) in [7, 11) is 0. The van der Waals surface area contributed by atoms with Gasteiger partial charge in [0.2, 0.25) is 0 Å². The van der Waals surface area contributed by atoms with Gasteiger partial charge in [-0.1, -0.05) is 0 Å². The van der Waals surface area contributed by atoms with Gasteiger partial charge in [-0.05, 0) is 27.7 Å². The molecule has 3 atom stereocenters. The lowest BCUT2D eigenvalue weighted by Gasteiger charge is -2.15. The molecule has 1 heterocycles. The maximum Gasteiger partial charge on any atom is 0.508 e. The molecular formula is C10H18O4. The zero-order chi connectivity index (χ0) is 10.7. The van der Waals surface area contributed by atoms with E-state index in [9.17, 15) is 4.79 Å². The van der Waals surface area contributed by atoms with Crippen molar-refractivity contribution in [3.8, 4) is 0 Å². The van der Waals surface area contributed by atoms with Gasteiger partial charge in [0.05, 0.1) is 18.3 Å². The van der Waals surface area contributed by atoms with E-state index in [0.717, 1.165) is 6.42 Å². The fourth-order valence-corrected chi connectivity index (χ4v) is 1.52. The first-order valence-electron chi connectivity index (χ1n) is 5.01. The topological polar surface area (TPSA) is 44.8 Å². The lowest BCUT2D eigenvalue weighted by molar-refractivity contribution is -0.0207. The molecule has 0 aromatic carbocycles. The van der Waals surface area contributed by atoms with Crippen LogP contribution in [0, 0.1) is 0 Å². The lowest BCUT2D eigenvalue weighted by Crippen LogP contribution is -2.26. The minimum absolute atomic E-state index is 0.0373. The van der Waals surface area contributed by atoms with Gasteiger partial charge >= 0.3 is 6.16 Å². The lowest BCUT2D eigenvalue weighted by atomic mass is 10.2. The first-order chi connectivity index (χ1) is 6.49. The van der Waals surface area contributed by atoms with Crippen molar-refractivity contribution in [2.24, 2.45) is 0 Å². The third-order valence-electron chi connectivity index (χ3n) is 2.11. The van der Waals surface area contributed by atoms with Crippen LogP contribution in [-0.2, 0) is 14.2 Å². The van der Waals surface area contributed by atoms with Crippen molar-refractivity contribution >= 4 is 6.16 Å². The molecular weight excluding hydrogens is 184 g/mol. The quantitative estimate of drug-likeness (QED) is 0.643. The van der Waals surface area contributed by atoms with E-state index >= 15 is 0 Å². The summed E-state index contributed by atoms with van der Waals surface area (Å²) in [6.45, 7) is 7.45. The fourth-order valence-electron chi connectivity index (χ4n) is 1.52. The predicted molar refractivity (Wildman–Crippen MR) is 51.1 cm³/mol. The van der Waals surface area contributed by atoms with Crippen molar-refractivity contribution < 1.29 is 19.0 Å². The Bertz CT molecular complexity index is 202. The van der Waals surface area contributed by atoms with Gasteiger partial charge < -0.3 is 14.2 Å². The van der Waals surface area contributed by atoms with E-state index in [1.54, 1.807) is 13.8 Å². The van der Waals surface area contributed by atoms with Crippen LogP contribution >= 0.6 is 0 Å². The van der Waals surface area contributed by atoms with Crippen LogP contribution in [0.4, 0.5) is 4.79 Å². The maximum absolute atomic E-state index is 11.2. The average Bonchev–Trinajstić information content (AvgIpc) is 2.28. The second-order valence-corrected chi connectivity index (χ2v) is 3.96. The van der Waals surface area contributed by atoms with E-state index in [4.69, 9.17) is 14.2 Å². The highest BCUT2D eigenvalue weighted by Crippen LogP contribution is 2.22. The van der Waals surface area contributed by atoms with Crippen LogP contribution in [0.25, 0.3) is 0 Å². The van der Waals surface area contributed by atoms with Crippen LogP contribution in [0.15, 0.2) is 0 Å². The summed E-state index contributed by atoms with van der Waals surface area (Å²) < 4.78 is 15.4. The van der Waals surface area contributed by atoms with Crippen LogP contribution in [0.2, 0.25) is 0 Å². The molecule has 0 saturated carbocycles. The minimum Gasteiger partial charge on any atom is -0.432 e. The Morgan fingerprint density at radius 3 is 2.50 bits per heavy atom. The largest absolute Gasteiger partial charge is 0.508 e. The molecule has 4 heteroatoms. The summed E-state index contributed by atoms with van der Waals surface area (Å²) in [6, 6.07) is 0. The highest BCUT2D eigenvalue weighted by molar-refractivity contribution is 5.60. The molecule has 0 N–H and O–H groups in total. The summed E-state index contributed by atoms with van der Waals surface area (Å²) in [5, 5.41) is 0. The summed E-state index contributed by atoms with van der Waals surface area (Å²) in [6.07, 6.45) is -0.0520. The van der Waals surface area contributed by atoms with E-state index in [2.05, 4.69) is 0 Å². The van der Waals surface area contributed by atoms with Crippen molar-refractivity contribution in [3.63, 3.8) is 0 Å². The summed E-state index contributed by atoms with van der Waals surface area (Å²) >= 11 is 0. The first kappa shape index (κ1) is 11.3. The monoisotopic (exact) mass is 202 g/mol. The Kier molecular flexibility index (Phi) is 3.75. The summed E-state index contributed by atoms with van der Waals surface area (Å²) in [4.78, 5) is 11.2. The zero-order valence-electron chi connectivity index (χ0n) is 9.15. The normalized spacial score (nSPS) is 31.9. The molecule has 0 aromatic rings. The van der Waals surface area contributed by atoms with Gasteiger partial charge in [0.25, 0.3) is 0 Å². The molecule has 0 spiro atoms. The van der Waals surface area contributed by atoms with Gasteiger partial charge in [0, 0.05) is 6.42 Å². The number of ether oxygens (including phenoxy) is 3. The molecule has 1 aliphatic rings. The third kappa shape index (κ3) is 3.18. The first-order valence-corrected chi connectivity index (χ1v) is 5.01. The minimum atomic E-state index is -0.602. The Morgan fingerprint density at radius 1 is 1.43 bits per heavy atom. The standard InChI is InChI=1S/C10H18O4/c1-6(2)12-10(11)14-9-5-7(3)13-8(9)4/h6-9H,5H2,1-4H3/t7-,8+,9+/m0/s1. The molecule has 1 saturated heterocycles. The Balaban J connectivity index is 2.33. The van der Waals surface area contributed by atoms with Crippen molar-refractivity contribution in [2.45, 2.75) is 58.5 Å². The van der Waals surface area contributed by atoms with Crippen LogP contribution in [0.3, 0.4) is 0 Å². The Hall–Kier alpha value is -0.770. The molecule has 82 valence electrons. The summed E-state index contributed by atoms with van der Waals surface area (Å²) in [5.41, 5.74) is 0. The zero-order valence-corrected chi connectivity index (χ0v) is 9.15. The van der Waals surface area contributed by atoms with Crippen molar-refractivity contribution in [1.82, 2.24) is 0 Å². The molecule has 0 radical (unpaired) electrons. The number of carbonyl (C=O) groups is 1. The van der Waals surface area contributed by atoms with Crippen LogP contribution in [0.1, 0.15) is 34.1 Å². The third-order valence-corrected chi connectivity index (χ3v) is 2.11. The van der Waals surface area contributed by atoms with Gasteiger partial charge in [0.15, 0.2) is 0 Å². The molecule has 14 heavy (non-hydrogen) atoms. The molecule has 0 amide bonds. The predicted octanol–water partition coefficient (Wildman–Crippen LogP) is 2.11. The van der Waals surface area contributed by atoms with Gasteiger partial charge in [-0.25, -0.2) is 4.79 Å². The molecule has 1 aliphatic heterocycles. The van der Waals surface area contributed by atoms with E-state index in [1.807, 2.05) is 13.8 Å². The van der Waals surface area contributed by atoms with Crippen LogP contribution in [-0.4, -0.2) is 30.6 Å². The fraction of sp³-hybridized carbons (Fsp3) is 0.900. The van der Waals surface area contributed by atoms with Gasteiger partial charge in [-0.15, -0.1) is 0 Å². The number of hydrogen-bond acceptors (Lipinski definition) is 4. The van der Waals surface area contributed by atoms with E-state index < -0.39 is 6.16 Å². The van der Waals surface area contributed by atoms with Crippen molar-refractivity contribution in [2.75, 3.05) is 0 Å². The number of carbonyl (C=O) groups excluding carboxylic acids is 1. The highest BCUT2D eigenvalue weighted by Gasteiger charge is 2.33. The molecule has 1 fully saturated rings. The molecule has 4 nitrogen and oxygen atoms in total. The maximum atomic E-state index is 11.2. The SMILES string of the molecule is CC(C)OC(=O)O[C@@H]1C[C@H](C)O[C@@H]1C. The van der Waals surface area contributed by atoms with Gasteiger partial charge in [0.1, 0.15) is 6.10 Å².